The number of pyridine rings is 1. The Morgan fingerprint density at radius 1 is 0.955 bits per heavy atom. The molecule has 4 heteroatoms. The van der Waals surface area contributed by atoms with Crippen LogP contribution in [0.1, 0.15) is 26.3 Å². The molecule has 0 bridgehead atoms. The molecule has 0 aliphatic carbocycles. The predicted molar refractivity (Wildman–Crippen MR) is 90.3 cm³/mol. The van der Waals surface area contributed by atoms with Gasteiger partial charge < -0.3 is 14.4 Å². The molecular formula is C18H24N2O2. The van der Waals surface area contributed by atoms with Gasteiger partial charge in [-0.15, -0.1) is 0 Å². The lowest BCUT2D eigenvalue weighted by atomic mass is 9.86. The number of anilines is 1. The van der Waals surface area contributed by atoms with Gasteiger partial charge in [0.2, 0.25) is 5.88 Å². The topological polar surface area (TPSA) is 34.6 Å². The van der Waals surface area contributed by atoms with Crippen LogP contribution >= 0.6 is 0 Å². The van der Waals surface area contributed by atoms with E-state index in [-0.39, 0.29) is 5.41 Å². The highest BCUT2D eigenvalue weighted by Gasteiger charge is 2.25. The van der Waals surface area contributed by atoms with Gasteiger partial charge in [-0.25, -0.2) is 4.98 Å². The third-order valence-electron chi connectivity index (χ3n) is 3.40. The maximum atomic E-state index is 6.03. The highest BCUT2D eigenvalue weighted by Crippen LogP contribution is 2.39. The van der Waals surface area contributed by atoms with Crippen molar-refractivity contribution in [1.29, 1.82) is 0 Å². The van der Waals surface area contributed by atoms with Crippen molar-refractivity contribution in [3.8, 4) is 17.4 Å². The van der Waals surface area contributed by atoms with Gasteiger partial charge in [-0.2, -0.15) is 0 Å². The molecule has 0 saturated carbocycles. The van der Waals surface area contributed by atoms with E-state index < -0.39 is 0 Å². The number of rotatable bonds is 4. The molecule has 0 amide bonds. The maximum absolute atomic E-state index is 6.03. The minimum absolute atomic E-state index is 0.0737. The first kappa shape index (κ1) is 16.1. The molecule has 0 spiro atoms. The molecule has 0 radical (unpaired) electrons. The van der Waals surface area contributed by atoms with E-state index in [0.29, 0.717) is 5.88 Å². The van der Waals surface area contributed by atoms with Crippen LogP contribution in [0, 0.1) is 0 Å². The summed E-state index contributed by atoms with van der Waals surface area (Å²) in [5, 5.41) is 0. The van der Waals surface area contributed by atoms with Crippen molar-refractivity contribution >= 4 is 5.69 Å². The molecule has 0 atom stereocenters. The van der Waals surface area contributed by atoms with Crippen molar-refractivity contribution in [2.45, 2.75) is 26.2 Å². The molecule has 0 aliphatic heterocycles. The molecule has 0 N–H and O–H groups in total. The second-order valence-corrected chi connectivity index (χ2v) is 6.43. The van der Waals surface area contributed by atoms with E-state index in [0.717, 1.165) is 22.7 Å². The molecular weight excluding hydrogens is 276 g/mol. The monoisotopic (exact) mass is 300 g/mol. The number of benzene rings is 1. The zero-order valence-corrected chi connectivity index (χ0v) is 14.2. The minimum atomic E-state index is -0.0737. The summed E-state index contributed by atoms with van der Waals surface area (Å²) < 4.78 is 11.2. The Labute approximate surface area is 132 Å². The van der Waals surface area contributed by atoms with Crippen LogP contribution < -0.4 is 14.4 Å². The van der Waals surface area contributed by atoms with E-state index in [9.17, 15) is 0 Å². The third-order valence-corrected chi connectivity index (χ3v) is 3.40. The Hall–Kier alpha value is -2.23. The lowest BCUT2D eigenvalue weighted by Crippen LogP contribution is -2.20. The van der Waals surface area contributed by atoms with Gasteiger partial charge >= 0.3 is 0 Å². The zero-order valence-electron chi connectivity index (χ0n) is 14.2. The zero-order chi connectivity index (χ0) is 16.3. The summed E-state index contributed by atoms with van der Waals surface area (Å²) in [5.74, 6) is 2.19. The Morgan fingerprint density at radius 3 is 2.05 bits per heavy atom. The van der Waals surface area contributed by atoms with Crippen molar-refractivity contribution in [3.05, 3.63) is 42.1 Å². The Morgan fingerprint density at radius 2 is 1.55 bits per heavy atom. The highest BCUT2D eigenvalue weighted by atomic mass is 16.5. The van der Waals surface area contributed by atoms with Crippen molar-refractivity contribution in [2.24, 2.45) is 0 Å². The maximum Gasteiger partial charge on any atom is 0.225 e. The summed E-state index contributed by atoms with van der Waals surface area (Å²) >= 11 is 0. The molecule has 1 aromatic heterocycles. The number of ether oxygens (including phenoxy) is 2. The SMILES string of the molecule is COc1ccc(Oc2nccc(N(C)C)c2C(C)(C)C)cc1. The summed E-state index contributed by atoms with van der Waals surface area (Å²) in [4.78, 5) is 6.53. The fourth-order valence-corrected chi connectivity index (χ4v) is 2.34. The Kier molecular flexibility index (Phi) is 4.59. The van der Waals surface area contributed by atoms with Crippen molar-refractivity contribution in [2.75, 3.05) is 26.1 Å². The standard InChI is InChI=1S/C18H24N2O2/c1-18(2,3)16-15(20(4)5)11-12-19-17(16)22-14-9-7-13(21-6)8-10-14/h7-12H,1-6H3. The highest BCUT2D eigenvalue weighted by molar-refractivity contribution is 5.59. The Bertz CT molecular complexity index is 629. The average Bonchev–Trinajstić information content (AvgIpc) is 2.46. The van der Waals surface area contributed by atoms with Crippen LogP contribution in [0.5, 0.6) is 17.4 Å². The van der Waals surface area contributed by atoms with Gasteiger partial charge in [0.25, 0.3) is 0 Å². The molecule has 0 aliphatic rings. The number of hydrogen-bond donors (Lipinski definition) is 0. The van der Waals surface area contributed by atoms with Crippen LogP contribution in [0.3, 0.4) is 0 Å². The minimum Gasteiger partial charge on any atom is -0.497 e. The van der Waals surface area contributed by atoms with Gasteiger partial charge in [-0.05, 0) is 35.7 Å². The summed E-state index contributed by atoms with van der Waals surface area (Å²) in [5.41, 5.74) is 2.14. The van der Waals surface area contributed by atoms with Crippen molar-refractivity contribution < 1.29 is 9.47 Å². The first-order valence-corrected chi connectivity index (χ1v) is 7.31. The molecule has 1 aromatic carbocycles. The van der Waals surface area contributed by atoms with E-state index in [1.165, 1.54) is 0 Å². The quantitative estimate of drug-likeness (QED) is 0.845. The lowest BCUT2D eigenvalue weighted by molar-refractivity contribution is 0.410. The molecule has 0 unspecified atom stereocenters. The van der Waals surface area contributed by atoms with Crippen LogP contribution in [0.2, 0.25) is 0 Å². The molecule has 2 rings (SSSR count). The van der Waals surface area contributed by atoms with Gasteiger partial charge in [-0.3, -0.25) is 0 Å². The molecule has 4 nitrogen and oxygen atoms in total. The second-order valence-electron chi connectivity index (χ2n) is 6.43. The first-order chi connectivity index (χ1) is 10.3. The van der Waals surface area contributed by atoms with E-state index in [2.05, 4.69) is 30.7 Å². The predicted octanol–water partition coefficient (Wildman–Crippen LogP) is 4.25. The fourth-order valence-electron chi connectivity index (χ4n) is 2.34. The van der Waals surface area contributed by atoms with E-state index in [1.807, 2.05) is 44.4 Å². The number of nitrogens with zero attached hydrogens (tertiary/aromatic N) is 2. The third kappa shape index (κ3) is 3.50. The molecule has 22 heavy (non-hydrogen) atoms. The number of aromatic nitrogens is 1. The van der Waals surface area contributed by atoms with Crippen LogP contribution in [0.15, 0.2) is 36.5 Å². The van der Waals surface area contributed by atoms with Crippen LogP contribution in [-0.4, -0.2) is 26.2 Å². The van der Waals surface area contributed by atoms with Gasteiger partial charge in [0.15, 0.2) is 0 Å². The van der Waals surface area contributed by atoms with Gasteiger partial charge in [0.1, 0.15) is 11.5 Å². The van der Waals surface area contributed by atoms with Crippen molar-refractivity contribution in [1.82, 2.24) is 4.98 Å². The molecule has 0 saturated heterocycles. The van der Waals surface area contributed by atoms with Crippen LogP contribution in [0.4, 0.5) is 5.69 Å². The van der Waals surface area contributed by atoms with Gasteiger partial charge in [0, 0.05) is 31.5 Å². The normalized spacial score (nSPS) is 11.2. The summed E-state index contributed by atoms with van der Waals surface area (Å²) in [6, 6.07) is 9.54. The van der Waals surface area contributed by atoms with E-state index in [4.69, 9.17) is 9.47 Å². The first-order valence-electron chi connectivity index (χ1n) is 7.31. The fraction of sp³-hybridized carbons (Fsp3) is 0.389. The molecule has 2 aromatic rings. The second kappa shape index (κ2) is 6.26. The van der Waals surface area contributed by atoms with Crippen molar-refractivity contribution in [3.63, 3.8) is 0 Å². The molecule has 1 heterocycles. The lowest BCUT2D eigenvalue weighted by Gasteiger charge is -2.28. The van der Waals surface area contributed by atoms with E-state index >= 15 is 0 Å². The summed E-state index contributed by atoms with van der Waals surface area (Å²) in [7, 11) is 5.71. The summed E-state index contributed by atoms with van der Waals surface area (Å²) in [6.45, 7) is 6.49. The van der Waals surface area contributed by atoms with Gasteiger partial charge in [-0.1, -0.05) is 20.8 Å². The molecule has 118 valence electrons. The van der Waals surface area contributed by atoms with Gasteiger partial charge in [0.05, 0.1) is 7.11 Å². The summed E-state index contributed by atoms with van der Waals surface area (Å²) in [6.07, 6.45) is 1.78. The number of hydrogen-bond acceptors (Lipinski definition) is 4. The number of methoxy groups -OCH3 is 1. The van der Waals surface area contributed by atoms with Crippen LogP contribution in [0.25, 0.3) is 0 Å². The smallest absolute Gasteiger partial charge is 0.225 e. The average molecular weight is 300 g/mol. The molecule has 0 fully saturated rings. The van der Waals surface area contributed by atoms with Crippen LogP contribution in [-0.2, 0) is 5.41 Å². The van der Waals surface area contributed by atoms with E-state index in [1.54, 1.807) is 13.3 Å². The Balaban J connectivity index is 2.43. The largest absolute Gasteiger partial charge is 0.497 e.